The van der Waals surface area contributed by atoms with Crippen LogP contribution in [-0.4, -0.2) is 76.3 Å². The van der Waals surface area contributed by atoms with Gasteiger partial charge in [0.15, 0.2) is 23.0 Å². The Labute approximate surface area is 181 Å². The van der Waals surface area contributed by atoms with E-state index in [9.17, 15) is 40.9 Å². The minimum atomic E-state index is -1.63. The Hall–Kier alpha value is -3.38. The SMILES string of the molecule is C[C@H]1O[C@@H](OC2=Cc3c(O)cc(O)cc3[OH+]C2c2cc(O)c(O)c(O)c2)[C@@H](O)[C@@H](O)[C@H]1O. The standard InChI is InChI=1S/C21H22O11/c1-7-16(26)18(28)19(29)21(30-7)32-15-6-10-11(23)4-9(22)5-14(10)31-20(15)8-2-12(24)17(27)13(25)3-8/h2-7,16,18-29H,1H3/p+1/t7-,16+,18+,19+,20?,21+/m1/s1. The third-order valence-electron chi connectivity index (χ3n) is 5.41. The molecule has 0 saturated carbocycles. The van der Waals surface area contributed by atoms with Crippen LogP contribution in [0.15, 0.2) is 30.0 Å². The maximum absolute atomic E-state index is 10.3. The number of aliphatic hydroxyl groups is 4. The maximum atomic E-state index is 10.3. The fourth-order valence-electron chi connectivity index (χ4n) is 3.65. The second-order valence-electron chi connectivity index (χ2n) is 7.68. The van der Waals surface area contributed by atoms with E-state index < -0.39 is 54.1 Å². The zero-order valence-electron chi connectivity index (χ0n) is 16.7. The molecule has 0 amide bonds. The molecular weight excluding hydrogens is 428 g/mol. The Morgan fingerprint density at radius 2 is 1.50 bits per heavy atom. The molecule has 1 fully saturated rings. The van der Waals surface area contributed by atoms with Gasteiger partial charge in [-0.25, -0.2) is 0 Å². The molecule has 0 bridgehead atoms. The number of hydrogen-bond donors (Lipinski definition) is 8. The Morgan fingerprint density at radius 3 is 2.16 bits per heavy atom. The molecule has 32 heavy (non-hydrogen) atoms. The zero-order valence-corrected chi connectivity index (χ0v) is 16.7. The van der Waals surface area contributed by atoms with Gasteiger partial charge < -0.3 is 55.1 Å². The summed E-state index contributed by atoms with van der Waals surface area (Å²) in [6.45, 7) is 1.48. The van der Waals surface area contributed by atoms with E-state index in [1.54, 1.807) is 0 Å². The van der Waals surface area contributed by atoms with Gasteiger partial charge in [-0.15, -0.1) is 0 Å². The van der Waals surface area contributed by atoms with Crippen molar-refractivity contribution in [2.75, 3.05) is 0 Å². The second-order valence-corrected chi connectivity index (χ2v) is 7.68. The monoisotopic (exact) mass is 451 g/mol. The van der Waals surface area contributed by atoms with Gasteiger partial charge in [0, 0.05) is 12.1 Å². The molecule has 2 aliphatic heterocycles. The molecule has 11 heteroatoms. The molecule has 11 nitrogen and oxygen atoms in total. The molecule has 4 rings (SSSR count). The molecule has 0 aromatic heterocycles. The van der Waals surface area contributed by atoms with Crippen molar-refractivity contribution >= 4 is 6.08 Å². The van der Waals surface area contributed by atoms with Crippen molar-refractivity contribution < 1.29 is 55.1 Å². The molecule has 1 unspecified atom stereocenters. The van der Waals surface area contributed by atoms with Gasteiger partial charge in [0.25, 0.3) is 11.9 Å². The molecule has 172 valence electrons. The predicted octanol–water partition coefficient (Wildman–Crippen LogP) is 0.396. The lowest BCUT2D eigenvalue weighted by Gasteiger charge is -2.39. The van der Waals surface area contributed by atoms with E-state index in [-0.39, 0.29) is 34.1 Å². The minimum Gasteiger partial charge on any atom is -0.571 e. The van der Waals surface area contributed by atoms with E-state index in [0.717, 1.165) is 18.2 Å². The van der Waals surface area contributed by atoms with Gasteiger partial charge in [-0.2, -0.15) is 0 Å². The first-order valence-electron chi connectivity index (χ1n) is 9.66. The highest BCUT2D eigenvalue weighted by molar-refractivity contribution is 5.69. The van der Waals surface area contributed by atoms with Crippen LogP contribution in [0.5, 0.6) is 34.5 Å². The Morgan fingerprint density at radius 1 is 0.844 bits per heavy atom. The quantitative estimate of drug-likeness (QED) is 0.239. The fourth-order valence-corrected chi connectivity index (χ4v) is 3.65. The maximum Gasteiger partial charge on any atom is 0.270 e. The number of aliphatic hydroxyl groups excluding tert-OH is 3. The lowest BCUT2D eigenvalue weighted by molar-refractivity contribution is -0.287. The van der Waals surface area contributed by atoms with Crippen molar-refractivity contribution in [3.8, 4) is 34.5 Å². The highest BCUT2D eigenvalue weighted by atomic mass is 16.7. The number of phenolic OH excluding ortho intramolecular Hbond substituents is 5. The first-order valence-corrected chi connectivity index (χ1v) is 9.66. The summed E-state index contributed by atoms with van der Waals surface area (Å²) >= 11 is 0. The van der Waals surface area contributed by atoms with E-state index >= 15 is 0 Å². The normalized spacial score (nSPS) is 29.6. The van der Waals surface area contributed by atoms with Crippen molar-refractivity contribution in [2.24, 2.45) is 0 Å². The summed E-state index contributed by atoms with van der Waals surface area (Å²) in [5.74, 6) is -2.39. The van der Waals surface area contributed by atoms with Gasteiger partial charge in [-0.1, -0.05) is 0 Å². The van der Waals surface area contributed by atoms with E-state index in [4.69, 9.17) is 9.47 Å². The van der Waals surface area contributed by atoms with E-state index in [1.165, 1.54) is 19.1 Å². The first-order chi connectivity index (χ1) is 15.1. The number of fused-ring (bicyclic) bond motifs is 1. The Balaban J connectivity index is 1.77. The van der Waals surface area contributed by atoms with Gasteiger partial charge in [0.2, 0.25) is 6.29 Å². The van der Waals surface area contributed by atoms with Crippen LogP contribution in [0.1, 0.15) is 24.2 Å². The minimum absolute atomic E-state index is 0.0113. The summed E-state index contributed by atoms with van der Waals surface area (Å²) in [5, 5.41) is 79.8. The smallest absolute Gasteiger partial charge is 0.270 e. The first kappa shape index (κ1) is 21.8. The van der Waals surface area contributed by atoms with Crippen LogP contribution in [-0.2, 0) is 9.47 Å². The molecule has 0 radical (unpaired) electrons. The van der Waals surface area contributed by atoms with Gasteiger partial charge in [0.1, 0.15) is 35.4 Å². The molecule has 0 spiro atoms. The largest absolute Gasteiger partial charge is 0.571 e. The van der Waals surface area contributed by atoms with Crippen molar-refractivity contribution in [1.29, 1.82) is 0 Å². The molecule has 1 saturated heterocycles. The molecule has 2 aliphatic rings. The van der Waals surface area contributed by atoms with Crippen molar-refractivity contribution in [1.82, 2.24) is 0 Å². The van der Waals surface area contributed by atoms with Crippen molar-refractivity contribution in [2.45, 2.75) is 43.7 Å². The van der Waals surface area contributed by atoms with Crippen LogP contribution in [0, 0.1) is 0 Å². The highest BCUT2D eigenvalue weighted by Crippen LogP contribution is 2.47. The molecular formula is C21H23O11+. The number of rotatable bonds is 3. The van der Waals surface area contributed by atoms with Crippen LogP contribution >= 0.6 is 0 Å². The van der Waals surface area contributed by atoms with Gasteiger partial charge in [0.05, 0.1) is 17.7 Å². The van der Waals surface area contributed by atoms with Gasteiger partial charge >= 0.3 is 0 Å². The highest BCUT2D eigenvalue weighted by Gasteiger charge is 2.45. The van der Waals surface area contributed by atoms with E-state index in [1.807, 2.05) is 0 Å². The third kappa shape index (κ3) is 3.71. The summed E-state index contributed by atoms with van der Waals surface area (Å²) in [6.07, 6.45) is -6.53. The average Bonchev–Trinajstić information content (AvgIpc) is 2.73. The molecule has 2 aromatic rings. The Kier molecular flexibility index (Phi) is 5.42. The fraction of sp³-hybridized carbons (Fsp3) is 0.333. The summed E-state index contributed by atoms with van der Waals surface area (Å²) in [7, 11) is 0. The van der Waals surface area contributed by atoms with Crippen LogP contribution in [0.2, 0.25) is 0 Å². The number of hydrogen-bond acceptors (Lipinski definition) is 10. The third-order valence-corrected chi connectivity index (χ3v) is 5.41. The van der Waals surface area contributed by atoms with Crippen LogP contribution < -0.4 is 0 Å². The van der Waals surface area contributed by atoms with Gasteiger partial charge in [-0.3, -0.25) is 0 Å². The van der Waals surface area contributed by atoms with Crippen molar-refractivity contribution in [3.05, 3.63) is 41.2 Å². The number of benzene rings is 2. The average molecular weight is 451 g/mol. The van der Waals surface area contributed by atoms with E-state index in [2.05, 4.69) is 4.74 Å². The number of ether oxygens (including phenoxy) is 3. The number of phenols is 5. The van der Waals surface area contributed by atoms with Crippen LogP contribution in [0.25, 0.3) is 6.08 Å². The van der Waals surface area contributed by atoms with E-state index in [0.29, 0.717) is 0 Å². The lowest BCUT2D eigenvalue weighted by atomic mass is 9.99. The van der Waals surface area contributed by atoms with Crippen LogP contribution in [0.4, 0.5) is 0 Å². The second kappa shape index (κ2) is 7.95. The molecule has 0 aliphatic carbocycles. The summed E-state index contributed by atoms with van der Waals surface area (Å²) < 4.78 is 15.7. The number of aromatic hydroxyl groups is 6. The lowest BCUT2D eigenvalue weighted by Crippen LogP contribution is -2.57. The Bertz CT molecular complexity index is 1040. The topological polar surface area (TPSA) is 193 Å². The zero-order chi connectivity index (χ0) is 23.3. The molecule has 9 N–H and O–H groups in total. The van der Waals surface area contributed by atoms with Crippen molar-refractivity contribution in [3.63, 3.8) is 0 Å². The van der Waals surface area contributed by atoms with Gasteiger partial charge in [-0.05, 0) is 19.1 Å². The molecule has 2 aromatic carbocycles. The molecule has 6 atom stereocenters. The summed E-state index contributed by atoms with van der Waals surface area (Å²) in [6, 6.07) is 4.64. The molecule has 2 heterocycles. The summed E-state index contributed by atoms with van der Waals surface area (Å²) in [4.78, 5) is 0. The summed E-state index contributed by atoms with van der Waals surface area (Å²) in [5.41, 5.74) is 0.344. The van der Waals surface area contributed by atoms with Crippen LogP contribution in [0.3, 0.4) is 0 Å². The predicted molar refractivity (Wildman–Crippen MR) is 107 cm³/mol.